The normalized spacial score (nSPS) is 11.1. The van der Waals surface area contributed by atoms with Crippen LogP contribution >= 0.6 is 12.6 Å². The molecule has 0 amide bonds. The molecule has 6 nitrogen and oxygen atoms in total. The summed E-state index contributed by atoms with van der Waals surface area (Å²) in [5.41, 5.74) is 3.11. The Morgan fingerprint density at radius 3 is 2.64 bits per heavy atom. The first kappa shape index (κ1) is 18.1. The average Bonchev–Trinajstić information content (AvgIpc) is 3.24. The minimum atomic E-state index is -0.0276. The number of hydrogen-bond acceptors (Lipinski definition) is 5. The first-order valence-corrected chi connectivity index (χ1v) is 9.09. The van der Waals surface area contributed by atoms with Gasteiger partial charge in [-0.1, -0.05) is 12.6 Å². The van der Waals surface area contributed by atoms with Gasteiger partial charge in [-0.05, 0) is 30.3 Å². The van der Waals surface area contributed by atoms with Crippen molar-refractivity contribution in [1.82, 2.24) is 19.0 Å². The smallest absolute Gasteiger partial charge is 0.169 e. The maximum atomic E-state index is 10.3. The lowest BCUT2D eigenvalue weighted by Crippen LogP contribution is -2.13. The minimum absolute atomic E-state index is 0.000196. The molecule has 7 heteroatoms. The molecule has 0 aliphatic rings. The van der Waals surface area contributed by atoms with Crippen LogP contribution in [0, 0.1) is 0 Å². The van der Waals surface area contributed by atoms with E-state index in [0.29, 0.717) is 16.4 Å². The average molecular weight is 392 g/mol. The van der Waals surface area contributed by atoms with E-state index >= 15 is 0 Å². The van der Waals surface area contributed by atoms with Crippen molar-refractivity contribution in [3.63, 3.8) is 0 Å². The van der Waals surface area contributed by atoms with Crippen LogP contribution in [-0.2, 0) is 0 Å². The summed E-state index contributed by atoms with van der Waals surface area (Å²) in [6.45, 7) is 4.14. The van der Waals surface area contributed by atoms with E-state index in [-0.39, 0.29) is 11.5 Å². The van der Waals surface area contributed by atoms with Gasteiger partial charge in [0.2, 0.25) is 0 Å². The summed E-state index contributed by atoms with van der Waals surface area (Å²) < 4.78 is 3.89. The lowest BCUT2D eigenvalue weighted by molar-refractivity contribution is 0.451. The van der Waals surface area contributed by atoms with E-state index in [9.17, 15) is 10.2 Å². The van der Waals surface area contributed by atoms with Gasteiger partial charge in [-0.3, -0.25) is 4.57 Å². The van der Waals surface area contributed by atoms with Crippen molar-refractivity contribution in [1.29, 1.82) is 0 Å². The van der Waals surface area contributed by atoms with Gasteiger partial charge in [0.05, 0.1) is 23.1 Å². The van der Waals surface area contributed by atoms with Crippen molar-refractivity contribution in [2.75, 3.05) is 14.1 Å². The van der Waals surface area contributed by atoms with E-state index in [0.717, 1.165) is 22.4 Å². The first-order chi connectivity index (χ1) is 13.4. The Kier molecular flexibility index (Phi) is 4.31. The number of phenolic OH excluding ortho intramolecular Hbond substituents is 2. The summed E-state index contributed by atoms with van der Waals surface area (Å²) in [5, 5.41) is 21.4. The van der Waals surface area contributed by atoms with Crippen molar-refractivity contribution in [3.05, 3.63) is 61.4 Å². The minimum Gasteiger partial charge on any atom is -0.508 e. The quantitative estimate of drug-likeness (QED) is 0.456. The number of benzene rings is 2. The SMILES string of the molecule is C=C(N(C)C)n1ccc2c(-n3c(-c4ccc(O)cc4O)cnc3S)cccc21. The zero-order valence-electron chi connectivity index (χ0n) is 15.5. The molecule has 0 radical (unpaired) electrons. The van der Waals surface area contributed by atoms with E-state index in [1.807, 2.05) is 58.6 Å². The molecule has 0 unspecified atom stereocenters. The molecule has 0 aliphatic heterocycles. The van der Waals surface area contributed by atoms with Crippen LogP contribution in [0.2, 0.25) is 0 Å². The van der Waals surface area contributed by atoms with E-state index in [1.54, 1.807) is 12.3 Å². The van der Waals surface area contributed by atoms with Gasteiger partial charge in [0.1, 0.15) is 17.3 Å². The monoisotopic (exact) mass is 392 g/mol. The number of thiol groups is 1. The van der Waals surface area contributed by atoms with Crippen molar-refractivity contribution in [2.24, 2.45) is 0 Å². The van der Waals surface area contributed by atoms with Gasteiger partial charge in [0.15, 0.2) is 5.16 Å². The van der Waals surface area contributed by atoms with Crippen LogP contribution in [0.4, 0.5) is 0 Å². The summed E-state index contributed by atoms with van der Waals surface area (Å²) in [6.07, 6.45) is 3.63. The standard InChI is InChI=1S/C21H20N4O2S/c1-13(23(2)3)24-10-9-15-17(24)5-4-6-18(15)25-19(12-22-21(25)28)16-8-7-14(26)11-20(16)27/h4-12,26-27H,1H2,2-3H3,(H,22,28). The molecule has 2 aromatic carbocycles. The molecular formula is C21H20N4O2S. The number of aromatic hydroxyl groups is 2. The highest BCUT2D eigenvalue weighted by molar-refractivity contribution is 7.80. The molecule has 0 bridgehead atoms. The number of phenols is 2. The van der Waals surface area contributed by atoms with Gasteiger partial charge >= 0.3 is 0 Å². The van der Waals surface area contributed by atoms with Crippen molar-refractivity contribution in [2.45, 2.75) is 5.16 Å². The second-order valence-electron chi connectivity index (χ2n) is 6.69. The Morgan fingerprint density at radius 1 is 1.14 bits per heavy atom. The van der Waals surface area contributed by atoms with Crippen LogP contribution in [0.15, 0.2) is 66.6 Å². The molecule has 0 saturated carbocycles. The molecule has 0 saturated heterocycles. The highest BCUT2D eigenvalue weighted by atomic mass is 32.1. The molecule has 28 heavy (non-hydrogen) atoms. The van der Waals surface area contributed by atoms with Crippen LogP contribution in [0.1, 0.15) is 0 Å². The molecular weight excluding hydrogens is 372 g/mol. The fraction of sp³-hybridized carbons (Fsp3) is 0.0952. The van der Waals surface area contributed by atoms with Gasteiger partial charge < -0.3 is 19.7 Å². The number of fused-ring (bicyclic) bond motifs is 1. The second-order valence-corrected chi connectivity index (χ2v) is 7.09. The number of nitrogens with zero attached hydrogens (tertiary/aromatic N) is 4. The Balaban J connectivity index is 1.95. The lowest BCUT2D eigenvalue weighted by atomic mass is 10.1. The van der Waals surface area contributed by atoms with Gasteiger partial charge in [-0.2, -0.15) is 0 Å². The van der Waals surface area contributed by atoms with Crippen molar-refractivity contribution in [3.8, 4) is 28.4 Å². The molecule has 4 rings (SSSR count). The predicted molar refractivity (Wildman–Crippen MR) is 114 cm³/mol. The Morgan fingerprint density at radius 2 is 1.93 bits per heavy atom. The summed E-state index contributed by atoms with van der Waals surface area (Å²) in [6, 6.07) is 12.5. The van der Waals surface area contributed by atoms with Crippen LogP contribution in [0.25, 0.3) is 33.7 Å². The Hall–Kier alpha value is -3.32. The van der Waals surface area contributed by atoms with Crippen LogP contribution < -0.4 is 0 Å². The van der Waals surface area contributed by atoms with Crippen LogP contribution in [-0.4, -0.2) is 43.3 Å². The molecule has 2 aromatic heterocycles. The van der Waals surface area contributed by atoms with Gasteiger partial charge in [-0.25, -0.2) is 4.98 Å². The molecule has 0 spiro atoms. The molecule has 142 valence electrons. The van der Waals surface area contributed by atoms with E-state index in [2.05, 4.69) is 24.2 Å². The fourth-order valence-electron chi connectivity index (χ4n) is 3.29. The Labute approximate surface area is 168 Å². The molecule has 2 N–H and O–H groups in total. The van der Waals surface area contributed by atoms with E-state index in [4.69, 9.17) is 0 Å². The van der Waals surface area contributed by atoms with Gasteiger partial charge in [0, 0.05) is 37.3 Å². The predicted octanol–water partition coefficient (Wildman–Crippen LogP) is 4.18. The zero-order valence-corrected chi connectivity index (χ0v) is 16.4. The highest BCUT2D eigenvalue weighted by Crippen LogP contribution is 2.36. The number of hydrogen-bond donors (Lipinski definition) is 3. The van der Waals surface area contributed by atoms with E-state index in [1.165, 1.54) is 12.1 Å². The molecule has 0 atom stereocenters. The topological polar surface area (TPSA) is 66.5 Å². The zero-order chi connectivity index (χ0) is 20.0. The van der Waals surface area contributed by atoms with Crippen molar-refractivity contribution >= 4 is 29.4 Å². The summed E-state index contributed by atoms with van der Waals surface area (Å²) in [7, 11) is 3.90. The van der Waals surface area contributed by atoms with Crippen molar-refractivity contribution < 1.29 is 10.2 Å². The molecule has 0 fully saturated rings. The molecule has 0 aliphatic carbocycles. The van der Waals surface area contributed by atoms with Gasteiger partial charge in [0.25, 0.3) is 0 Å². The summed E-state index contributed by atoms with van der Waals surface area (Å²) >= 11 is 4.53. The fourth-order valence-corrected chi connectivity index (χ4v) is 3.57. The maximum absolute atomic E-state index is 10.3. The van der Waals surface area contributed by atoms with Gasteiger partial charge in [-0.15, -0.1) is 12.6 Å². The number of rotatable bonds is 4. The van der Waals surface area contributed by atoms with Crippen LogP contribution in [0.5, 0.6) is 11.5 Å². The van der Waals surface area contributed by atoms with E-state index < -0.39 is 0 Å². The third kappa shape index (κ3) is 2.80. The number of imidazole rings is 1. The third-order valence-corrected chi connectivity index (χ3v) is 5.06. The third-order valence-electron chi connectivity index (χ3n) is 4.75. The second kappa shape index (κ2) is 6.69. The molecule has 2 heterocycles. The summed E-state index contributed by atoms with van der Waals surface area (Å²) in [5.74, 6) is 0.820. The Bertz CT molecular complexity index is 1210. The molecule has 4 aromatic rings. The largest absolute Gasteiger partial charge is 0.508 e. The number of aromatic nitrogens is 3. The van der Waals surface area contributed by atoms with Crippen LogP contribution in [0.3, 0.4) is 0 Å². The highest BCUT2D eigenvalue weighted by Gasteiger charge is 2.18. The summed E-state index contributed by atoms with van der Waals surface area (Å²) in [4.78, 5) is 6.28. The lowest BCUT2D eigenvalue weighted by Gasteiger charge is -2.18. The maximum Gasteiger partial charge on any atom is 0.169 e. The first-order valence-electron chi connectivity index (χ1n) is 8.64.